The predicted octanol–water partition coefficient (Wildman–Crippen LogP) is 5.55. The van der Waals surface area contributed by atoms with E-state index in [1.807, 2.05) is 0 Å². The van der Waals surface area contributed by atoms with Gasteiger partial charge in [0.15, 0.2) is 0 Å². The SMILES string of the molecule is O=C(O)c1cccc(-c2cccc(Oc3cc(Cl)cc(Cl)c3)n2)c1. The molecule has 0 bridgehead atoms. The van der Waals surface area contributed by atoms with Gasteiger partial charge in [-0.25, -0.2) is 9.78 Å². The third kappa shape index (κ3) is 3.85. The topological polar surface area (TPSA) is 59.4 Å². The molecule has 3 rings (SSSR count). The van der Waals surface area contributed by atoms with Crippen LogP contribution in [0.2, 0.25) is 10.0 Å². The summed E-state index contributed by atoms with van der Waals surface area (Å²) < 4.78 is 5.68. The minimum Gasteiger partial charge on any atom is -0.478 e. The van der Waals surface area contributed by atoms with E-state index in [9.17, 15) is 4.79 Å². The van der Waals surface area contributed by atoms with E-state index in [4.69, 9.17) is 33.0 Å². The van der Waals surface area contributed by atoms with Gasteiger partial charge in [0.05, 0.1) is 11.3 Å². The molecule has 0 saturated heterocycles. The number of hydrogen-bond donors (Lipinski definition) is 1. The molecule has 0 radical (unpaired) electrons. The van der Waals surface area contributed by atoms with E-state index in [2.05, 4.69) is 4.98 Å². The van der Waals surface area contributed by atoms with Crippen molar-refractivity contribution >= 4 is 29.2 Å². The number of pyridine rings is 1. The molecule has 1 heterocycles. The Morgan fingerprint density at radius 1 is 0.958 bits per heavy atom. The average molecular weight is 360 g/mol. The summed E-state index contributed by atoms with van der Waals surface area (Å²) in [5.41, 5.74) is 1.48. The molecule has 6 heteroatoms. The molecule has 0 saturated carbocycles. The molecule has 120 valence electrons. The van der Waals surface area contributed by atoms with Gasteiger partial charge >= 0.3 is 5.97 Å². The summed E-state index contributed by atoms with van der Waals surface area (Å²) in [6, 6.07) is 16.7. The van der Waals surface area contributed by atoms with Gasteiger partial charge in [-0.1, -0.05) is 41.4 Å². The van der Waals surface area contributed by atoms with Crippen molar-refractivity contribution in [3.63, 3.8) is 0 Å². The lowest BCUT2D eigenvalue weighted by molar-refractivity contribution is 0.0697. The Balaban J connectivity index is 1.92. The van der Waals surface area contributed by atoms with Crippen molar-refractivity contribution in [3.05, 3.63) is 76.3 Å². The lowest BCUT2D eigenvalue weighted by Crippen LogP contribution is -1.96. The zero-order chi connectivity index (χ0) is 17.1. The summed E-state index contributed by atoms with van der Waals surface area (Å²) in [4.78, 5) is 15.5. The van der Waals surface area contributed by atoms with E-state index in [1.165, 1.54) is 6.07 Å². The smallest absolute Gasteiger partial charge is 0.335 e. The van der Waals surface area contributed by atoms with Crippen LogP contribution in [0.1, 0.15) is 10.4 Å². The van der Waals surface area contributed by atoms with Gasteiger partial charge in [-0.3, -0.25) is 0 Å². The number of halogens is 2. The van der Waals surface area contributed by atoms with Crippen molar-refractivity contribution in [1.82, 2.24) is 4.98 Å². The quantitative estimate of drug-likeness (QED) is 0.663. The van der Waals surface area contributed by atoms with Crippen LogP contribution in [0, 0.1) is 0 Å². The van der Waals surface area contributed by atoms with Gasteiger partial charge in [-0.15, -0.1) is 0 Å². The largest absolute Gasteiger partial charge is 0.478 e. The molecule has 0 amide bonds. The summed E-state index contributed by atoms with van der Waals surface area (Å²) in [7, 11) is 0. The van der Waals surface area contributed by atoms with Gasteiger partial charge in [0.25, 0.3) is 0 Å². The normalized spacial score (nSPS) is 10.4. The van der Waals surface area contributed by atoms with Crippen LogP contribution < -0.4 is 4.74 Å². The summed E-state index contributed by atoms with van der Waals surface area (Å²) in [6.45, 7) is 0. The third-order valence-electron chi connectivity index (χ3n) is 3.19. The molecule has 0 aliphatic carbocycles. The lowest BCUT2D eigenvalue weighted by atomic mass is 10.1. The number of benzene rings is 2. The molecule has 1 N–H and O–H groups in total. The standard InChI is InChI=1S/C18H11Cl2NO3/c19-13-8-14(20)10-15(9-13)24-17-6-2-5-16(21-17)11-3-1-4-12(7-11)18(22)23/h1-10H,(H,22,23). The highest BCUT2D eigenvalue weighted by Gasteiger charge is 2.08. The van der Waals surface area contributed by atoms with Gasteiger partial charge in [0.2, 0.25) is 5.88 Å². The van der Waals surface area contributed by atoms with E-state index in [1.54, 1.807) is 54.6 Å². The molecular formula is C18H11Cl2NO3. The van der Waals surface area contributed by atoms with Crippen LogP contribution in [-0.4, -0.2) is 16.1 Å². The number of hydrogen-bond acceptors (Lipinski definition) is 3. The van der Waals surface area contributed by atoms with Crippen molar-refractivity contribution in [2.45, 2.75) is 0 Å². The second-order valence-electron chi connectivity index (χ2n) is 4.95. The first-order chi connectivity index (χ1) is 11.5. The number of carboxylic acids is 1. The number of rotatable bonds is 4. The summed E-state index contributed by atoms with van der Waals surface area (Å²) in [5, 5.41) is 10.0. The first-order valence-corrected chi connectivity index (χ1v) is 7.71. The van der Waals surface area contributed by atoms with Gasteiger partial charge in [0, 0.05) is 21.7 Å². The van der Waals surface area contributed by atoms with E-state index in [0.717, 1.165) is 0 Å². The Kier molecular flexibility index (Phi) is 4.69. The fourth-order valence-corrected chi connectivity index (χ4v) is 2.66. The molecule has 0 spiro atoms. The van der Waals surface area contributed by atoms with E-state index in [0.29, 0.717) is 32.9 Å². The van der Waals surface area contributed by atoms with Crippen molar-refractivity contribution in [3.8, 4) is 22.9 Å². The second kappa shape index (κ2) is 6.91. The molecule has 0 unspecified atom stereocenters. The third-order valence-corrected chi connectivity index (χ3v) is 3.62. The molecule has 4 nitrogen and oxygen atoms in total. The highest BCUT2D eigenvalue weighted by atomic mass is 35.5. The van der Waals surface area contributed by atoms with Crippen molar-refractivity contribution in [2.24, 2.45) is 0 Å². The van der Waals surface area contributed by atoms with Crippen LogP contribution in [-0.2, 0) is 0 Å². The monoisotopic (exact) mass is 359 g/mol. The minimum absolute atomic E-state index is 0.197. The van der Waals surface area contributed by atoms with Crippen LogP contribution in [0.25, 0.3) is 11.3 Å². The second-order valence-corrected chi connectivity index (χ2v) is 5.83. The number of ether oxygens (including phenoxy) is 1. The lowest BCUT2D eigenvalue weighted by Gasteiger charge is -2.08. The Labute approximate surface area is 148 Å². The van der Waals surface area contributed by atoms with Gasteiger partial charge in [0.1, 0.15) is 5.75 Å². The first kappa shape index (κ1) is 16.3. The molecule has 0 atom stereocenters. The average Bonchev–Trinajstić information content (AvgIpc) is 2.54. The zero-order valence-electron chi connectivity index (χ0n) is 12.2. The Morgan fingerprint density at radius 3 is 2.38 bits per heavy atom. The van der Waals surface area contributed by atoms with Gasteiger partial charge < -0.3 is 9.84 Å². The Morgan fingerprint density at radius 2 is 1.67 bits per heavy atom. The summed E-state index contributed by atoms with van der Waals surface area (Å²) in [6.07, 6.45) is 0. The highest BCUT2D eigenvalue weighted by Crippen LogP contribution is 2.29. The van der Waals surface area contributed by atoms with Crippen LogP contribution in [0.4, 0.5) is 0 Å². The highest BCUT2D eigenvalue weighted by molar-refractivity contribution is 6.34. The van der Waals surface area contributed by atoms with Gasteiger partial charge in [-0.2, -0.15) is 0 Å². The molecule has 0 aliphatic heterocycles. The van der Waals surface area contributed by atoms with Gasteiger partial charge in [-0.05, 0) is 36.4 Å². The molecule has 0 fully saturated rings. The van der Waals surface area contributed by atoms with Crippen molar-refractivity contribution in [2.75, 3.05) is 0 Å². The molecule has 1 aromatic heterocycles. The van der Waals surface area contributed by atoms with E-state index < -0.39 is 5.97 Å². The summed E-state index contributed by atoms with van der Waals surface area (Å²) in [5.74, 6) is -0.166. The maximum absolute atomic E-state index is 11.1. The maximum atomic E-state index is 11.1. The number of carbonyl (C=O) groups is 1. The van der Waals surface area contributed by atoms with Crippen LogP contribution in [0.15, 0.2) is 60.7 Å². The maximum Gasteiger partial charge on any atom is 0.335 e. The summed E-state index contributed by atoms with van der Waals surface area (Å²) >= 11 is 11.9. The number of aromatic carboxylic acids is 1. The van der Waals surface area contributed by atoms with Crippen LogP contribution in [0.5, 0.6) is 11.6 Å². The first-order valence-electron chi connectivity index (χ1n) is 6.96. The fraction of sp³-hybridized carbons (Fsp3) is 0. The molecule has 24 heavy (non-hydrogen) atoms. The van der Waals surface area contributed by atoms with Crippen molar-refractivity contribution in [1.29, 1.82) is 0 Å². The molecule has 0 aliphatic rings. The number of nitrogens with zero attached hydrogens (tertiary/aromatic N) is 1. The fourth-order valence-electron chi connectivity index (χ4n) is 2.15. The molecule has 3 aromatic rings. The minimum atomic E-state index is -0.988. The van der Waals surface area contributed by atoms with Crippen LogP contribution >= 0.6 is 23.2 Å². The molecule has 2 aromatic carbocycles. The predicted molar refractivity (Wildman–Crippen MR) is 93.2 cm³/mol. The van der Waals surface area contributed by atoms with Crippen molar-refractivity contribution < 1.29 is 14.6 Å². The number of aromatic nitrogens is 1. The van der Waals surface area contributed by atoms with E-state index >= 15 is 0 Å². The Hall–Kier alpha value is -2.56. The van der Waals surface area contributed by atoms with E-state index in [-0.39, 0.29) is 5.56 Å². The van der Waals surface area contributed by atoms with Crippen LogP contribution in [0.3, 0.4) is 0 Å². The molecular weight excluding hydrogens is 349 g/mol. The number of carboxylic acid groups (broad SMARTS) is 1. The zero-order valence-corrected chi connectivity index (χ0v) is 13.8. The Bertz CT molecular complexity index is 892.